The molecule has 20 heavy (non-hydrogen) atoms. The lowest BCUT2D eigenvalue weighted by atomic mass is 10.2. The first-order valence-electron chi connectivity index (χ1n) is 5.92. The van der Waals surface area contributed by atoms with E-state index in [-0.39, 0.29) is 5.69 Å². The van der Waals surface area contributed by atoms with Crippen molar-refractivity contribution in [3.8, 4) is 0 Å². The fourth-order valence-corrected chi connectivity index (χ4v) is 2.28. The minimum atomic E-state index is -0.432. The summed E-state index contributed by atoms with van der Waals surface area (Å²) in [5, 5.41) is 19.7. The van der Waals surface area contributed by atoms with Crippen molar-refractivity contribution in [1.82, 2.24) is 19.8 Å². The minimum absolute atomic E-state index is 0.0134. The normalized spacial score (nSPS) is 11.4. The number of nitro groups is 1. The first-order chi connectivity index (χ1) is 9.74. The van der Waals surface area contributed by atoms with E-state index in [1.165, 1.54) is 12.1 Å². The van der Waals surface area contributed by atoms with Crippen LogP contribution < -0.4 is 0 Å². The van der Waals surface area contributed by atoms with Gasteiger partial charge in [0, 0.05) is 12.1 Å². The van der Waals surface area contributed by atoms with Crippen molar-refractivity contribution < 1.29 is 4.92 Å². The zero-order valence-electron chi connectivity index (χ0n) is 10.1. The molecule has 7 nitrogen and oxygen atoms in total. The summed E-state index contributed by atoms with van der Waals surface area (Å²) in [6.07, 6.45) is 0. The van der Waals surface area contributed by atoms with Gasteiger partial charge in [-0.1, -0.05) is 17.3 Å². The molecule has 0 aliphatic heterocycles. The second-order valence-corrected chi connectivity index (χ2v) is 4.38. The van der Waals surface area contributed by atoms with Crippen LogP contribution in [0.3, 0.4) is 0 Å². The highest BCUT2D eigenvalue weighted by atomic mass is 16.6. The van der Waals surface area contributed by atoms with Gasteiger partial charge in [-0.3, -0.25) is 10.1 Å². The molecule has 7 heteroatoms. The predicted octanol–water partition coefficient (Wildman–Crippen LogP) is 2.34. The van der Waals surface area contributed by atoms with Crippen molar-refractivity contribution in [2.45, 2.75) is 0 Å². The molecule has 2 aromatic carbocycles. The monoisotopic (exact) mass is 265 g/mol. The summed E-state index contributed by atoms with van der Waals surface area (Å²) in [6, 6.07) is 12.0. The number of para-hydroxylation sites is 2. The fraction of sp³-hybridized carbons (Fsp3) is 0. The summed E-state index contributed by atoms with van der Waals surface area (Å²) in [4.78, 5) is 14.9. The smallest absolute Gasteiger partial charge is 0.258 e. The van der Waals surface area contributed by atoms with Crippen LogP contribution in [0.1, 0.15) is 0 Å². The van der Waals surface area contributed by atoms with Crippen LogP contribution in [0.15, 0.2) is 42.5 Å². The molecule has 0 fully saturated rings. The first kappa shape index (κ1) is 10.8. The molecule has 0 aliphatic rings. The van der Waals surface area contributed by atoms with Gasteiger partial charge in [0.1, 0.15) is 0 Å². The van der Waals surface area contributed by atoms with E-state index in [0.717, 1.165) is 11.0 Å². The number of fused-ring (bicyclic) bond motifs is 5. The maximum absolute atomic E-state index is 10.9. The molecule has 96 valence electrons. The van der Waals surface area contributed by atoms with Gasteiger partial charge in [-0.15, -0.1) is 5.10 Å². The average molecular weight is 265 g/mol. The van der Waals surface area contributed by atoms with Gasteiger partial charge in [0.2, 0.25) is 0 Å². The molecule has 0 aliphatic carbocycles. The number of nitrogens with zero attached hydrogens (tertiary/aromatic N) is 5. The van der Waals surface area contributed by atoms with E-state index >= 15 is 0 Å². The third-order valence-electron chi connectivity index (χ3n) is 3.21. The van der Waals surface area contributed by atoms with Gasteiger partial charge < -0.3 is 0 Å². The molecule has 0 atom stereocenters. The van der Waals surface area contributed by atoms with Gasteiger partial charge in [-0.05, 0) is 18.2 Å². The Bertz CT molecular complexity index is 992. The molecular formula is C13H7N5O2. The number of benzene rings is 2. The van der Waals surface area contributed by atoms with Crippen molar-refractivity contribution in [1.29, 1.82) is 0 Å². The Kier molecular flexibility index (Phi) is 2.00. The van der Waals surface area contributed by atoms with Crippen molar-refractivity contribution in [2.75, 3.05) is 0 Å². The molecule has 0 N–H and O–H groups in total. The van der Waals surface area contributed by atoms with E-state index in [4.69, 9.17) is 0 Å². The summed E-state index contributed by atoms with van der Waals surface area (Å²) in [5.41, 5.74) is 2.77. The third kappa shape index (κ3) is 1.37. The highest BCUT2D eigenvalue weighted by molar-refractivity contribution is 5.96. The third-order valence-corrected chi connectivity index (χ3v) is 3.21. The van der Waals surface area contributed by atoms with Crippen LogP contribution >= 0.6 is 0 Å². The number of nitro benzene ring substituents is 1. The van der Waals surface area contributed by atoms with Crippen LogP contribution in [0, 0.1) is 10.1 Å². The van der Waals surface area contributed by atoms with Gasteiger partial charge in [0.15, 0.2) is 5.65 Å². The van der Waals surface area contributed by atoms with Crippen LogP contribution in [-0.4, -0.2) is 24.7 Å². The zero-order valence-corrected chi connectivity index (χ0v) is 10.1. The number of imidazole rings is 1. The lowest BCUT2D eigenvalue weighted by Crippen LogP contribution is -1.97. The maximum atomic E-state index is 10.9. The highest BCUT2D eigenvalue weighted by Gasteiger charge is 2.13. The summed E-state index contributed by atoms with van der Waals surface area (Å²) in [5.74, 6) is 0. The van der Waals surface area contributed by atoms with Gasteiger partial charge >= 0.3 is 0 Å². The Hall–Kier alpha value is -3.09. The minimum Gasteiger partial charge on any atom is -0.258 e. The summed E-state index contributed by atoms with van der Waals surface area (Å²) in [6.45, 7) is 0. The summed E-state index contributed by atoms with van der Waals surface area (Å²) in [7, 11) is 0. The SMILES string of the molecule is O=[N+]([O-])c1ccc2nnn3c4ccccc4nc3c2c1. The van der Waals surface area contributed by atoms with E-state index in [0.29, 0.717) is 16.6 Å². The Morgan fingerprint density at radius 3 is 2.80 bits per heavy atom. The number of hydrogen-bond donors (Lipinski definition) is 0. The topological polar surface area (TPSA) is 86.2 Å². The molecule has 0 amide bonds. The second-order valence-electron chi connectivity index (χ2n) is 4.38. The molecule has 0 saturated carbocycles. The lowest BCUT2D eigenvalue weighted by Gasteiger charge is -1.98. The average Bonchev–Trinajstić information content (AvgIpc) is 2.85. The Labute approximate surface area is 111 Å². The van der Waals surface area contributed by atoms with Gasteiger partial charge in [0.25, 0.3) is 5.69 Å². The van der Waals surface area contributed by atoms with E-state index in [1.54, 1.807) is 10.6 Å². The number of rotatable bonds is 1. The Morgan fingerprint density at radius 2 is 1.95 bits per heavy atom. The molecule has 2 aromatic heterocycles. The van der Waals surface area contributed by atoms with E-state index in [2.05, 4.69) is 15.3 Å². The van der Waals surface area contributed by atoms with Crippen LogP contribution in [-0.2, 0) is 0 Å². The van der Waals surface area contributed by atoms with Crippen LogP contribution in [0.4, 0.5) is 5.69 Å². The van der Waals surface area contributed by atoms with Crippen molar-refractivity contribution >= 4 is 33.3 Å². The van der Waals surface area contributed by atoms with Crippen LogP contribution in [0.25, 0.3) is 27.6 Å². The molecule has 4 aromatic rings. The summed E-state index contributed by atoms with van der Waals surface area (Å²) >= 11 is 0. The summed E-state index contributed by atoms with van der Waals surface area (Å²) < 4.78 is 1.60. The van der Waals surface area contributed by atoms with Gasteiger partial charge in [0.05, 0.1) is 26.9 Å². The zero-order chi connectivity index (χ0) is 13.7. The molecule has 4 rings (SSSR count). The van der Waals surface area contributed by atoms with Crippen molar-refractivity contribution in [3.63, 3.8) is 0 Å². The molecule has 0 radical (unpaired) electrons. The largest absolute Gasteiger partial charge is 0.270 e. The van der Waals surface area contributed by atoms with Gasteiger partial charge in [-0.25, -0.2) is 4.98 Å². The predicted molar refractivity (Wildman–Crippen MR) is 72.4 cm³/mol. The Morgan fingerprint density at radius 1 is 1.10 bits per heavy atom. The van der Waals surface area contributed by atoms with Crippen LogP contribution in [0.5, 0.6) is 0 Å². The quantitative estimate of drug-likeness (QED) is 0.389. The molecule has 0 bridgehead atoms. The highest BCUT2D eigenvalue weighted by Crippen LogP contribution is 2.24. The number of non-ortho nitro benzene ring substituents is 1. The Balaban J connectivity index is 2.21. The molecule has 0 spiro atoms. The molecule has 2 heterocycles. The second kappa shape index (κ2) is 3.70. The van der Waals surface area contributed by atoms with E-state index in [1.807, 2.05) is 24.3 Å². The maximum Gasteiger partial charge on any atom is 0.270 e. The standard InChI is InChI=1S/C13H7N5O2/c19-18(20)8-5-6-10-9(7-8)13-14-11-3-1-2-4-12(11)17(13)16-15-10/h1-7H. The van der Waals surface area contributed by atoms with Crippen molar-refractivity contribution in [3.05, 3.63) is 52.6 Å². The molecule has 0 unspecified atom stereocenters. The fourth-order valence-electron chi connectivity index (χ4n) is 2.28. The van der Waals surface area contributed by atoms with E-state index in [9.17, 15) is 10.1 Å². The number of aromatic nitrogens is 4. The molecule has 0 saturated heterocycles. The van der Waals surface area contributed by atoms with Gasteiger partial charge in [-0.2, -0.15) is 4.52 Å². The van der Waals surface area contributed by atoms with Crippen LogP contribution in [0.2, 0.25) is 0 Å². The van der Waals surface area contributed by atoms with E-state index < -0.39 is 4.92 Å². The molecular weight excluding hydrogens is 258 g/mol. The van der Waals surface area contributed by atoms with Crippen molar-refractivity contribution in [2.24, 2.45) is 0 Å². The lowest BCUT2D eigenvalue weighted by molar-refractivity contribution is -0.384. The first-order valence-corrected chi connectivity index (χ1v) is 5.92. The number of hydrogen-bond acceptors (Lipinski definition) is 5.